The van der Waals surface area contributed by atoms with Crippen LogP contribution in [0.5, 0.6) is 0 Å². The monoisotopic (exact) mass is 201 g/mol. The van der Waals surface area contributed by atoms with Crippen molar-refractivity contribution in [3.8, 4) is 0 Å². The Kier molecular flexibility index (Phi) is 3.27. The smallest absolute Gasteiger partial charge is 0.404 e. The van der Waals surface area contributed by atoms with Crippen molar-refractivity contribution in [2.45, 2.75) is 0 Å². The van der Waals surface area contributed by atoms with Crippen LogP contribution in [0.15, 0.2) is 0 Å². The minimum atomic E-state index is -0.890. The summed E-state index contributed by atoms with van der Waals surface area (Å²) in [4.78, 5) is 33.5. The first-order chi connectivity index (χ1) is 6.59. The van der Waals surface area contributed by atoms with E-state index in [2.05, 4.69) is 10.1 Å². The van der Waals surface area contributed by atoms with E-state index in [1.165, 1.54) is 4.90 Å². The summed E-state index contributed by atoms with van der Waals surface area (Å²) in [5.41, 5.74) is 4.73. The molecule has 1 aliphatic heterocycles. The van der Waals surface area contributed by atoms with Crippen LogP contribution in [0, 0.1) is 0 Å². The van der Waals surface area contributed by atoms with Crippen molar-refractivity contribution < 1.29 is 19.1 Å². The van der Waals surface area contributed by atoms with E-state index in [0.717, 1.165) is 0 Å². The molecule has 1 heterocycles. The Morgan fingerprint density at radius 2 is 2.29 bits per heavy atom. The number of primary amides is 1. The molecular weight excluding hydrogens is 190 g/mol. The van der Waals surface area contributed by atoms with Crippen molar-refractivity contribution in [2.24, 2.45) is 5.73 Å². The Hall–Kier alpha value is -1.79. The third-order valence-corrected chi connectivity index (χ3v) is 1.73. The number of rotatable bonds is 3. The first-order valence-electron chi connectivity index (χ1n) is 4.06. The van der Waals surface area contributed by atoms with Crippen LogP contribution in [0.1, 0.15) is 0 Å². The molecule has 0 unspecified atom stereocenters. The van der Waals surface area contributed by atoms with Crippen LogP contribution >= 0.6 is 0 Å². The second kappa shape index (κ2) is 4.45. The van der Waals surface area contributed by atoms with Crippen LogP contribution in [-0.4, -0.2) is 49.0 Å². The lowest BCUT2D eigenvalue weighted by molar-refractivity contribution is -0.140. The van der Waals surface area contributed by atoms with Crippen molar-refractivity contribution in [3.05, 3.63) is 0 Å². The zero-order chi connectivity index (χ0) is 10.6. The van der Waals surface area contributed by atoms with Gasteiger partial charge in [-0.15, -0.1) is 0 Å². The molecule has 1 fully saturated rings. The number of carbonyl (C=O) groups excluding carboxylic acids is 3. The van der Waals surface area contributed by atoms with Gasteiger partial charge in [0.25, 0.3) is 0 Å². The third-order valence-electron chi connectivity index (χ3n) is 1.73. The van der Waals surface area contributed by atoms with E-state index in [1.807, 2.05) is 0 Å². The van der Waals surface area contributed by atoms with Crippen LogP contribution in [0.4, 0.5) is 4.79 Å². The van der Waals surface area contributed by atoms with Gasteiger partial charge in [0, 0.05) is 0 Å². The van der Waals surface area contributed by atoms with Gasteiger partial charge in [-0.25, -0.2) is 4.79 Å². The zero-order valence-electron chi connectivity index (χ0n) is 7.49. The van der Waals surface area contributed by atoms with Gasteiger partial charge < -0.3 is 20.7 Å². The number of nitrogens with one attached hydrogen (secondary N) is 1. The maximum Gasteiger partial charge on any atom is 0.404 e. The predicted molar refractivity (Wildman–Crippen MR) is 45.1 cm³/mol. The lowest BCUT2D eigenvalue weighted by Crippen LogP contribution is -2.52. The normalized spacial score (nSPS) is 16.4. The highest BCUT2D eigenvalue weighted by molar-refractivity contribution is 5.92. The number of carbonyl (C=O) groups is 3. The number of piperazine rings is 1. The molecule has 0 bridgehead atoms. The summed E-state index contributed by atoms with van der Waals surface area (Å²) in [6.07, 6.45) is -0.890. The van der Waals surface area contributed by atoms with E-state index < -0.39 is 6.09 Å². The molecule has 1 saturated heterocycles. The van der Waals surface area contributed by atoms with Gasteiger partial charge in [-0.3, -0.25) is 9.59 Å². The summed E-state index contributed by atoms with van der Waals surface area (Å²) >= 11 is 0. The molecule has 0 spiro atoms. The standard InChI is InChI=1S/C7H11N3O4/c8-7(13)14-2-1-10-4-5(11)9-3-6(10)12/h1-4H2,(H2,8,13)(H,9,11). The average molecular weight is 201 g/mol. The first kappa shape index (κ1) is 10.3. The lowest BCUT2D eigenvalue weighted by Gasteiger charge is -2.25. The average Bonchev–Trinajstić information content (AvgIpc) is 2.10. The van der Waals surface area contributed by atoms with Crippen LogP contribution in [0.3, 0.4) is 0 Å². The second-order valence-electron chi connectivity index (χ2n) is 2.76. The van der Waals surface area contributed by atoms with Gasteiger partial charge in [-0.05, 0) is 0 Å². The summed E-state index contributed by atoms with van der Waals surface area (Å²) in [6.45, 7) is 0.194. The summed E-state index contributed by atoms with van der Waals surface area (Å²) in [5, 5.41) is 2.40. The van der Waals surface area contributed by atoms with E-state index >= 15 is 0 Å². The molecule has 14 heavy (non-hydrogen) atoms. The molecule has 0 aromatic rings. The van der Waals surface area contributed by atoms with E-state index in [4.69, 9.17) is 5.73 Å². The maximum absolute atomic E-state index is 11.2. The van der Waals surface area contributed by atoms with Crippen molar-refractivity contribution in [1.29, 1.82) is 0 Å². The highest BCUT2D eigenvalue weighted by Gasteiger charge is 2.22. The number of hydrogen-bond donors (Lipinski definition) is 2. The number of nitrogens with zero attached hydrogens (tertiary/aromatic N) is 1. The highest BCUT2D eigenvalue weighted by Crippen LogP contribution is 1.94. The summed E-state index contributed by atoms with van der Waals surface area (Å²) in [5.74, 6) is -0.415. The summed E-state index contributed by atoms with van der Waals surface area (Å²) in [6, 6.07) is 0. The molecule has 0 atom stereocenters. The maximum atomic E-state index is 11.2. The van der Waals surface area contributed by atoms with Crippen molar-refractivity contribution in [2.75, 3.05) is 26.2 Å². The fraction of sp³-hybridized carbons (Fsp3) is 0.571. The SMILES string of the molecule is NC(=O)OCCN1CC(=O)NCC1=O. The fourth-order valence-electron chi connectivity index (χ4n) is 1.06. The Balaban J connectivity index is 2.31. The fourth-order valence-corrected chi connectivity index (χ4v) is 1.06. The second-order valence-corrected chi connectivity index (χ2v) is 2.76. The summed E-state index contributed by atoms with van der Waals surface area (Å²) < 4.78 is 4.44. The third kappa shape index (κ3) is 2.92. The Labute approximate surface area is 80.2 Å². The first-order valence-corrected chi connectivity index (χ1v) is 4.06. The number of hydrogen-bond acceptors (Lipinski definition) is 4. The molecule has 0 radical (unpaired) electrons. The quantitative estimate of drug-likeness (QED) is 0.553. The molecular formula is C7H11N3O4. The van der Waals surface area contributed by atoms with Gasteiger partial charge in [-0.2, -0.15) is 0 Å². The molecule has 0 aromatic heterocycles. The molecule has 0 aliphatic carbocycles. The van der Waals surface area contributed by atoms with E-state index in [-0.39, 0.29) is 38.1 Å². The molecule has 1 rings (SSSR count). The minimum Gasteiger partial charge on any atom is -0.448 e. The molecule has 7 heteroatoms. The highest BCUT2D eigenvalue weighted by atomic mass is 16.5. The van der Waals surface area contributed by atoms with Gasteiger partial charge in [-0.1, -0.05) is 0 Å². The lowest BCUT2D eigenvalue weighted by atomic mass is 10.3. The minimum absolute atomic E-state index is 0.000948. The zero-order valence-corrected chi connectivity index (χ0v) is 7.49. The van der Waals surface area contributed by atoms with Crippen LogP contribution in [0.25, 0.3) is 0 Å². The van der Waals surface area contributed by atoms with Crippen molar-refractivity contribution >= 4 is 17.9 Å². The van der Waals surface area contributed by atoms with Crippen molar-refractivity contribution in [1.82, 2.24) is 10.2 Å². The Morgan fingerprint density at radius 1 is 1.57 bits per heavy atom. The Bertz CT molecular complexity index is 266. The number of ether oxygens (including phenoxy) is 1. The van der Waals surface area contributed by atoms with E-state index in [0.29, 0.717) is 0 Å². The number of amides is 3. The van der Waals surface area contributed by atoms with E-state index in [1.54, 1.807) is 0 Å². The molecule has 0 aromatic carbocycles. The van der Waals surface area contributed by atoms with Gasteiger partial charge in [0.2, 0.25) is 11.8 Å². The van der Waals surface area contributed by atoms with Gasteiger partial charge in [0.15, 0.2) is 0 Å². The Morgan fingerprint density at radius 3 is 2.93 bits per heavy atom. The van der Waals surface area contributed by atoms with Gasteiger partial charge in [0.05, 0.1) is 19.6 Å². The number of nitrogens with two attached hydrogens (primary N) is 1. The molecule has 7 nitrogen and oxygen atoms in total. The van der Waals surface area contributed by atoms with E-state index in [9.17, 15) is 14.4 Å². The molecule has 3 amide bonds. The summed E-state index contributed by atoms with van der Waals surface area (Å²) in [7, 11) is 0. The molecule has 78 valence electrons. The molecule has 3 N–H and O–H groups in total. The predicted octanol–water partition coefficient (Wildman–Crippen LogP) is -1.96. The topological polar surface area (TPSA) is 102 Å². The molecule has 1 aliphatic rings. The van der Waals surface area contributed by atoms with Gasteiger partial charge in [0.1, 0.15) is 6.61 Å². The van der Waals surface area contributed by atoms with Crippen molar-refractivity contribution in [3.63, 3.8) is 0 Å². The van der Waals surface area contributed by atoms with Gasteiger partial charge >= 0.3 is 6.09 Å². The molecule has 0 saturated carbocycles. The van der Waals surface area contributed by atoms with Crippen LogP contribution in [-0.2, 0) is 14.3 Å². The van der Waals surface area contributed by atoms with Crippen LogP contribution < -0.4 is 11.1 Å². The van der Waals surface area contributed by atoms with Crippen LogP contribution in [0.2, 0.25) is 0 Å². The largest absolute Gasteiger partial charge is 0.448 e.